The average molecular weight is 406 g/mol. The Morgan fingerprint density at radius 3 is 1.32 bits per heavy atom. The van der Waals surface area contributed by atoms with E-state index in [1.165, 1.54) is 23.5 Å². The molecule has 2 aromatic carbocycles. The van der Waals surface area contributed by atoms with Gasteiger partial charge < -0.3 is 10.2 Å². The molecule has 0 amide bonds. The van der Waals surface area contributed by atoms with Gasteiger partial charge in [-0.1, -0.05) is 0 Å². The smallest absolute Gasteiger partial charge is 0.101 e. The minimum atomic E-state index is -0.993. The second-order valence-corrected chi connectivity index (χ2v) is 7.81. The molecule has 0 aliphatic rings. The van der Waals surface area contributed by atoms with Crippen molar-refractivity contribution in [1.29, 1.82) is 21.0 Å². The van der Waals surface area contributed by atoms with Crippen LogP contribution in [0.4, 0.5) is 0 Å². The molecule has 8 heteroatoms. The summed E-state index contributed by atoms with van der Waals surface area (Å²) in [4.78, 5) is 1.44. The van der Waals surface area contributed by atoms with Crippen molar-refractivity contribution < 1.29 is 10.2 Å². The van der Waals surface area contributed by atoms with Crippen molar-refractivity contribution in [1.82, 2.24) is 0 Å². The van der Waals surface area contributed by atoms with Crippen molar-refractivity contribution in [2.24, 2.45) is 0 Å². The van der Waals surface area contributed by atoms with Crippen molar-refractivity contribution in [2.45, 2.75) is 22.0 Å². The Morgan fingerprint density at radius 1 is 0.643 bits per heavy atom. The highest BCUT2D eigenvalue weighted by Gasteiger charge is 2.17. The van der Waals surface area contributed by atoms with E-state index in [1.54, 1.807) is 36.4 Å². The van der Waals surface area contributed by atoms with E-state index in [9.17, 15) is 10.2 Å². The number of aliphatic hydroxyl groups excluding tert-OH is 2. The lowest BCUT2D eigenvalue weighted by Gasteiger charge is -2.17. The molecule has 0 heterocycles. The Morgan fingerprint density at radius 2 is 1.00 bits per heavy atom. The van der Waals surface area contributed by atoms with Crippen molar-refractivity contribution in [3.05, 3.63) is 58.7 Å². The molecule has 0 aromatic heterocycles. The molecule has 138 valence electrons. The monoisotopic (exact) mass is 406 g/mol. The molecular weight excluding hydrogens is 392 g/mol. The molecule has 0 saturated heterocycles. The molecule has 0 aliphatic heterocycles. The number of aliphatic hydroxyl groups is 2. The van der Waals surface area contributed by atoms with E-state index in [2.05, 4.69) is 0 Å². The van der Waals surface area contributed by atoms with E-state index in [4.69, 9.17) is 21.0 Å². The van der Waals surface area contributed by atoms with Crippen molar-refractivity contribution in [3.63, 3.8) is 0 Å². The summed E-state index contributed by atoms with van der Waals surface area (Å²) >= 11 is 2.56. The zero-order chi connectivity index (χ0) is 20.5. The Bertz CT molecular complexity index is 945. The summed E-state index contributed by atoms with van der Waals surface area (Å²) < 4.78 is 0. The number of benzene rings is 2. The highest BCUT2D eigenvalue weighted by molar-refractivity contribution is 7.99. The highest BCUT2D eigenvalue weighted by Crippen LogP contribution is 2.25. The summed E-state index contributed by atoms with van der Waals surface area (Å²) in [5.41, 5.74) is 1.13. The van der Waals surface area contributed by atoms with Crippen LogP contribution in [0.3, 0.4) is 0 Å². The van der Waals surface area contributed by atoms with E-state index in [0.717, 1.165) is 9.79 Å². The first-order valence-electron chi connectivity index (χ1n) is 8.02. The maximum absolute atomic E-state index is 10.2. The molecule has 6 nitrogen and oxygen atoms in total. The van der Waals surface area contributed by atoms with Crippen LogP contribution < -0.4 is 0 Å². The van der Waals surface area contributed by atoms with E-state index >= 15 is 0 Å². The largest absolute Gasteiger partial charge is 0.390 e. The fourth-order valence-electron chi connectivity index (χ4n) is 2.19. The Kier molecular flexibility index (Phi) is 7.90. The molecule has 2 N–H and O–H groups in total. The van der Waals surface area contributed by atoms with Crippen LogP contribution in [0.15, 0.2) is 46.2 Å². The molecule has 2 atom stereocenters. The molecule has 0 saturated carbocycles. The number of nitriles is 4. The molecule has 28 heavy (non-hydrogen) atoms. The molecular formula is C20H14N4O2S2. The van der Waals surface area contributed by atoms with Gasteiger partial charge in [0.15, 0.2) is 0 Å². The van der Waals surface area contributed by atoms with E-state index in [-0.39, 0.29) is 22.6 Å². The van der Waals surface area contributed by atoms with Gasteiger partial charge in [-0.05, 0) is 36.4 Å². The summed E-state index contributed by atoms with van der Waals surface area (Å²) in [6.07, 6.45) is -1.99. The van der Waals surface area contributed by atoms with Gasteiger partial charge in [-0.15, -0.1) is 23.5 Å². The van der Waals surface area contributed by atoms with E-state index in [1.807, 2.05) is 24.3 Å². The number of nitrogens with zero attached hydrogens (tertiary/aromatic N) is 4. The van der Waals surface area contributed by atoms with Crippen LogP contribution in [0, 0.1) is 45.3 Å². The molecule has 0 radical (unpaired) electrons. The number of thioether (sulfide) groups is 2. The van der Waals surface area contributed by atoms with Gasteiger partial charge in [-0.2, -0.15) is 21.0 Å². The second-order valence-electron chi connectivity index (χ2n) is 5.62. The van der Waals surface area contributed by atoms with Gasteiger partial charge in [0.1, 0.15) is 24.3 Å². The van der Waals surface area contributed by atoms with Crippen LogP contribution >= 0.6 is 23.5 Å². The summed E-state index contributed by atoms with van der Waals surface area (Å²) in [5, 5.41) is 56.3. The van der Waals surface area contributed by atoms with Gasteiger partial charge >= 0.3 is 0 Å². The minimum Gasteiger partial charge on any atom is -0.390 e. The molecule has 2 aromatic rings. The first kappa shape index (κ1) is 21.3. The first-order valence-corrected chi connectivity index (χ1v) is 9.99. The Hall–Kier alpha value is -2.98. The lowest BCUT2D eigenvalue weighted by atomic mass is 10.1. The van der Waals surface area contributed by atoms with Crippen molar-refractivity contribution >= 4 is 23.5 Å². The molecule has 0 fully saturated rings. The Balaban J connectivity index is 1.91. The molecule has 2 rings (SSSR count). The lowest BCUT2D eigenvalue weighted by molar-refractivity contribution is 0.0500. The maximum Gasteiger partial charge on any atom is 0.101 e. The van der Waals surface area contributed by atoms with Crippen LogP contribution in [-0.2, 0) is 0 Å². The van der Waals surface area contributed by atoms with Gasteiger partial charge in [-0.3, -0.25) is 0 Å². The molecule has 0 aliphatic carbocycles. The van der Waals surface area contributed by atoms with Crippen LogP contribution in [0.25, 0.3) is 0 Å². The van der Waals surface area contributed by atoms with Gasteiger partial charge in [0.25, 0.3) is 0 Å². The third-order valence-corrected chi connectivity index (χ3v) is 5.94. The third-order valence-electron chi connectivity index (χ3n) is 3.75. The Labute approximate surface area is 171 Å². The van der Waals surface area contributed by atoms with E-state index < -0.39 is 12.2 Å². The number of hydrogen-bond donors (Lipinski definition) is 2. The third kappa shape index (κ3) is 5.51. The number of rotatable bonds is 7. The lowest BCUT2D eigenvalue weighted by Crippen LogP contribution is -2.30. The maximum atomic E-state index is 10.2. The molecule has 0 spiro atoms. The van der Waals surface area contributed by atoms with Gasteiger partial charge in [0.05, 0.1) is 34.5 Å². The van der Waals surface area contributed by atoms with Crippen LogP contribution in [-0.4, -0.2) is 33.9 Å². The first-order chi connectivity index (χ1) is 13.5. The molecule has 0 bridgehead atoms. The second kappa shape index (κ2) is 10.4. The summed E-state index contributed by atoms with van der Waals surface area (Å²) in [6.45, 7) is 0. The van der Waals surface area contributed by atoms with Gasteiger partial charge in [0, 0.05) is 21.3 Å². The zero-order valence-corrected chi connectivity index (χ0v) is 16.2. The number of hydrogen-bond acceptors (Lipinski definition) is 8. The van der Waals surface area contributed by atoms with Gasteiger partial charge in [-0.25, -0.2) is 0 Å². The van der Waals surface area contributed by atoms with Crippen LogP contribution in [0.2, 0.25) is 0 Å². The highest BCUT2D eigenvalue weighted by atomic mass is 32.2. The van der Waals surface area contributed by atoms with Gasteiger partial charge in [0.2, 0.25) is 0 Å². The fraction of sp³-hybridized carbons (Fsp3) is 0.200. The fourth-order valence-corrected chi connectivity index (χ4v) is 4.09. The predicted octanol–water partition coefficient (Wildman–Crippen LogP) is 2.78. The van der Waals surface area contributed by atoms with Crippen LogP contribution in [0.5, 0.6) is 0 Å². The molecule has 2 unspecified atom stereocenters. The standard InChI is InChI=1S/C20H14N4O2S2/c21-7-13-1-3-17(5-15(13)9-23)27-11-19(25)20(26)12-28-18-4-2-14(8-22)16(6-18)10-24/h1-6,19-20,25-26H,11-12H2. The topological polar surface area (TPSA) is 136 Å². The summed E-state index contributed by atoms with van der Waals surface area (Å²) in [5.74, 6) is 0.435. The SMILES string of the molecule is N#Cc1ccc(SCC(O)C(O)CSc2ccc(C#N)c(C#N)c2)cc1C#N. The van der Waals surface area contributed by atoms with Crippen molar-refractivity contribution in [2.75, 3.05) is 11.5 Å². The quantitative estimate of drug-likeness (QED) is 0.670. The predicted molar refractivity (Wildman–Crippen MR) is 105 cm³/mol. The average Bonchev–Trinajstić information content (AvgIpc) is 2.74. The minimum absolute atomic E-state index is 0.218. The van der Waals surface area contributed by atoms with Crippen molar-refractivity contribution in [3.8, 4) is 24.3 Å². The normalized spacial score (nSPS) is 12.1. The van der Waals surface area contributed by atoms with E-state index in [0.29, 0.717) is 11.1 Å². The summed E-state index contributed by atoms with van der Waals surface area (Å²) in [7, 11) is 0. The summed E-state index contributed by atoms with van der Waals surface area (Å²) in [6, 6.07) is 17.5. The van der Waals surface area contributed by atoms with Crippen LogP contribution in [0.1, 0.15) is 22.3 Å². The zero-order valence-electron chi connectivity index (χ0n) is 14.5.